The Bertz CT molecular complexity index is 3580. The Kier molecular flexibility index (Phi) is 17.0. The van der Waals surface area contributed by atoms with E-state index < -0.39 is 135 Å². The zero-order valence-electron chi connectivity index (χ0n) is 42.4. The van der Waals surface area contributed by atoms with Crippen LogP contribution < -0.4 is 32.5 Å². The topological polar surface area (TPSA) is 528 Å². The number of phosphoric ester groups is 2. The third kappa shape index (κ3) is 12.0. The van der Waals surface area contributed by atoms with Gasteiger partial charge < -0.3 is 79.9 Å². The van der Waals surface area contributed by atoms with Crippen molar-refractivity contribution >= 4 is 82.3 Å². The van der Waals surface area contributed by atoms with Crippen LogP contribution in [0, 0.1) is 5.92 Å². The number of fused-ring (bicyclic) bond motifs is 3. The number of nitrogens with one attached hydrogen (secondary N) is 3. The number of methoxy groups -OCH3 is 2. The molecule has 0 saturated carbocycles. The zero-order chi connectivity index (χ0) is 58.0. The van der Waals surface area contributed by atoms with E-state index in [1.165, 1.54) is 27.1 Å². The van der Waals surface area contributed by atoms with Crippen LogP contribution in [0.1, 0.15) is 39.0 Å². The number of nitrogens with zero attached hydrogens (tertiary/aromatic N) is 10. The van der Waals surface area contributed by atoms with Crippen molar-refractivity contribution in [1.82, 2.24) is 53.6 Å². The summed E-state index contributed by atoms with van der Waals surface area (Å²) in [5, 5.41) is 36.6. The fraction of sp³-hybridized carbons (Fsp3) is 0.605. The van der Waals surface area contributed by atoms with Gasteiger partial charge in [-0.15, -0.1) is 0 Å². The lowest BCUT2D eigenvalue weighted by atomic mass is 9.95. The quantitative estimate of drug-likeness (QED) is 0.0241. The number of hydrogen-bond donors (Lipinski definition) is 12. The monoisotopic (exact) mass is 1210 g/mol. The molecule has 16 atom stereocenters. The number of aromatic nitrogens is 12. The second kappa shape index (κ2) is 22.9. The molecule has 0 amide bonds. The molecule has 0 aromatic carbocycles. The summed E-state index contributed by atoms with van der Waals surface area (Å²) in [6.07, 6.45) is -10.9. The first-order valence-corrected chi connectivity index (χ1v) is 29.9. The van der Waals surface area contributed by atoms with Gasteiger partial charge in [0.2, 0.25) is 17.7 Å². The normalized spacial score (nSPS) is 29.4. The summed E-state index contributed by atoms with van der Waals surface area (Å²) < 4.78 is 112. The van der Waals surface area contributed by atoms with E-state index in [1.807, 2.05) is 13.8 Å². The van der Waals surface area contributed by atoms with Crippen LogP contribution in [0.2, 0.25) is 0 Å². The van der Waals surface area contributed by atoms with Crippen LogP contribution in [0.3, 0.4) is 0 Å². The summed E-state index contributed by atoms with van der Waals surface area (Å²) >= 11 is 0. The average Bonchev–Trinajstić information content (AvgIpc) is 4.44. The minimum absolute atomic E-state index is 0.00434. The number of aromatic amines is 2. The van der Waals surface area contributed by atoms with E-state index >= 15 is 0 Å². The maximum atomic E-state index is 14.5. The van der Waals surface area contributed by atoms with Gasteiger partial charge in [0.15, 0.2) is 41.4 Å². The van der Waals surface area contributed by atoms with E-state index in [1.54, 1.807) is 7.05 Å². The number of nitrogen functional groups attached to an aromatic ring is 2. The number of nitrogens with two attached hydrogens (primary N) is 2. The van der Waals surface area contributed by atoms with Crippen molar-refractivity contribution in [3.8, 4) is 0 Å². The van der Waals surface area contributed by atoms with Gasteiger partial charge >= 0.3 is 36.7 Å². The van der Waals surface area contributed by atoms with E-state index in [4.69, 9.17) is 48.7 Å². The van der Waals surface area contributed by atoms with Gasteiger partial charge in [-0.2, -0.15) is 13.6 Å². The minimum atomic E-state index is -6.20. The molecule has 3 saturated heterocycles. The Labute approximate surface area is 448 Å². The molecule has 42 heteroatoms. The number of hydrogen-bond acceptors (Lipinski definition) is 28. The van der Waals surface area contributed by atoms with Crippen LogP contribution in [-0.4, -0.2) is 184 Å². The number of aliphatic hydroxyl groups is 3. The summed E-state index contributed by atoms with van der Waals surface area (Å²) in [5.74, 6) is -1.21. The maximum absolute atomic E-state index is 14.5. The molecule has 14 N–H and O–H groups in total. The van der Waals surface area contributed by atoms with Crippen LogP contribution >= 0.6 is 31.1 Å². The van der Waals surface area contributed by atoms with Gasteiger partial charge in [0.05, 0.1) is 45.6 Å². The lowest BCUT2D eigenvalue weighted by Gasteiger charge is -2.28. The Balaban J connectivity index is 0.889. The van der Waals surface area contributed by atoms with E-state index in [0.29, 0.717) is 0 Å². The van der Waals surface area contributed by atoms with Gasteiger partial charge in [0.25, 0.3) is 17.1 Å². The lowest BCUT2D eigenvalue weighted by molar-refractivity contribution is -0.745. The lowest BCUT2D eigenvalue weighted by Crippen LogP contribution is -2.45. The number of imidazole rings is 3. The van der Waals surface area contributed by atoms with Crippen LogP contribution in [0.5, 0.6) is 0 Å². The van der Waals surface area contributed by atoms with Crippen LogP contribution in [-0.2, 0) is 71.2 Å². The number of phosphoric acid groups is 3. The molecule has 440 valence electrons. The first-order chi connectivity index (χ1) is 37.6. The van der Waals surface area contributed by atoms with Crippen LogP contribution in [0.25, 0.3) is 33.5 Å². The second-order valence-electron chi connectivity index (χ2n) is 18.7. The number of anilines is 3. The number of H-pyrrole nitrogens is 2. The number of rotatable bonds is 23. The average molecular weight is 1210 g/mol. The van der Waals surface area contributed by atoms with E-state index in [0.717, 1.165) is 30.7 Å². The standard InChI is InChI=1S/C38H55N15O23P4/c1-15(2)45-38-47-31-22(33(58)49-38)50(3)14-53(31)34-23(54)16(6-7-67-4)17(72-34)8-70-78(61,62)75-80(65,66)76-79(63,64)71-10-19-27(26(68-5)36(74-19)51-12-43-20-28(39)41-11-42-29(20)51)77(59,60)69-9-18-24(55)25(56)35(73-18)52-13-44-21-30(52)46-37(40)48-32(21)57/h11-19,23-27,34-36,54-56H,6-10H2,1-5H3,(H10-,39,40,41,42,45,46,47,48,49,57,58,59,60,61,62,63,64,65,66)/p+1/t16-,17-,18-,19?,23-,24-,25-,26-,27-,34-,35-,36-/m1/s1. The highest BCUT2D eigenvalue weighted by Crippen LogP contribution is 2.68. The van der Waals surface area contributed by atoms with Crippen LogP contribution in [0.15, 0.2) is 34.9 Å². The van der Waals surface area contributed by atoms with Gasteiger partial charge in [-0.3, -0.25) is 46.9 Å². The molecule has 9 rings (SSSR count). The number of aryl methyl sites for hydroxylation is 1. The Morgan fingerprint density at radius 3 is 2.06 bits per heavy atom. The molecule has 0 bridgehead atoms. The summed E-state index contributed by atoms with van der Waals surface area (Å²) in [6.45, 7) is 0.498. The molecule has 6 aromatic rings. The fourth-order valence-corrected chi connectivity index (χ4v) is 14.8. The third-order valence-electron chi connectivity index (χ3n) is 13.0. The van der Waals surface area contributed by atoms with Gasteiger partial charge in [0.1, 0.15) is 54.1 Å². The van der Waals surface area contributed by atoms with E-state index in [2.05, 4.69) is 53.8 Å². The highest BCUT2D eigenvalue weighted by atomic mass is 31.3. The van der Waals surface area contributed by atoms with E-state index in [-0.39, 0.29) is 70.3 Å². The van der Waals surface area contributed by atoms with Crippen molar-refractivity contribution in [2.24, 2.45) is 13.0 Å². The van der Waals surface area contributed by atoms with Crippen molar-refractivity contribution in [3.63, 3.8) is 0 Å². The number of aliphatic hydroxyl groups excluding tert-OH is 3. The fourth-order valence-electron chi connectivity index (χ4n) is 9.51. The third-order valence-corrected chi connectivity index (χ3v) is 19.1. The van der Waals surface area contributed by atoms with E-state index in [9.17, 15) is 62.7 Å². The molecule has 6 aromatic heterocycles. The predicted octanol–water partition coefficient (Wildman–Crippen LogP) is -2.11. The molecule has 38 nitrogen and oxygen atoms in total. The van der Waals surface area contributed by atoms with Crippen molar-refractivity contribution in [3.05, 3.63) is 46.0 Å². The van der Waals surface area contributed by atoms with Crippen molar-refractivity contribution < 1.29 is 104 Å². The Hall–Kier alpha value is -5.11. The molecule has 3 aliphatic rings. The van der Waals surface area contributed by atoms with Crippen LogP contribution in [0.4, 0.5) is 17.7 Å². The van der Waals surface area contributed by atoms with Crippen molar-refractivity contribution in [1.29, 1.82) is 0 Å². The second-order valence-corrected chi connectivity index (χ2v) is 25.3. The smallest absolute Gasteiger partial charge is 0.387 e. The molecule has 3 aliphatic heterocycles. The molecule has 9 heterocycles. The van der Waals surface area contributed by atoms with Gasteiger partial charge in [-0.1, -0.05) is 4.98 Å². The molecule has 80 heavy (non-hydrogen) atoms. The zero-order valence-corrected chi connectivity index (χ0v) is 46.0. The Morgan fingerprint density at radius 2 is 1.40 bits per heavy atom. The molecule has 5 unspecified atom stereocenters. The largest absolute Gasteiger partial charge is 0.490 e. The maximum Gasteiger partial charge on any atom is 0.490 e. The summed E-state index contributed by atoms with van der Waals surface area (Å²) in [6, 6.07) is -0.141. The summed E-state index contributed by atoms with van der Waals surface area (Å²) in [5.41, 5.74) is 8.33. The minimum Gasteiger partial charge on any atom is -0.387 e. The number of ether oxygens (including phenoxy) is 5. The molecule has 3 fully saturated rings. The van der Waals surface area contributed by atoms with Gasteiger partial charge in [0, 0.05) is 32.8 Å². The Morgan fingerprint density at radius 1 is 0.762 bits per heavy atom. The first-order valence-electron chi connectivity index (χ1n) is 23.7. The summed E-state index contributed by atoms with van der Waals surface area (Å²) in [7, 11) is -19.3. The predicted molar refractivity (Wildman–Crippen MR) is 266 cm³/mol. The molecule has 0 aliphatic carbocycles. The van der Waals surface area contributed by atoms with Crippen molar-refractivity contribution in [2.75, 3.05) is 57.4 Å². The summed E-state index contributed by atoms with van der Waals surface area (Å²) in [4.78, 5) is 98.7. The highest BCUT2D eigenvalue weighted by Gasteiger charge is 2.58. The molecular weight excluding hydrogens is 1160 g/mol. The highest BCUT2D eigenvalue weighted by molar-refractivity contribution is 7.66. The molecular formula is C38H56N15O23P4+. The molecule has 0 radical (unpaired) electrons. The van der Waals surface area contributed by atoms with Gasteiger partial charge in [-0.05, 0) is 20.3 Å². The molecule has 0 spiro atoms. The van der Waals surface area contributed by atoms with Crippen molar-refractivity contribution in [2.45, 2.75) is 93.4 Å². The first kappa shape index (κ1) is 59.5. The SMILES string of the molecule is COCC[C@H]1[C@@H](O)[C@H]([n+]2cn(C)c3c(=O)[nH]c(NC(C)C)nc32)O[C@@H]1COP(=O)(O)OP(=O)(O)OP(=O)(O)OCC1O[C@@H](n2cnc3c(N)ncnc32)[C@H](OC)[C@@H]1P(=O)(O)OC[C@H]1O[C@@H](n2cnc3c(=O)[nH]c(N)nc32)[C@H](O)[C@@H]1O. The van der Waals surface area contributed by atoms with Gasteiger partial charge in [-0.25, -0.2) is 38.2 Å².